The van der Waals surface area contributed by atoms with Crippen LogP contribution in [0.25, 0.3) is 21.5 Å². The molecule has 134 valence electrons. The first-order valence-electron chi connectivity index (χ1n) is 8.21. The van der Waals surface area contributed by atoms with Crippen molar-refractivity contribution in [3.8, 4) is 11.3 Å². The van der Waals surface area contributed by atoms with Crippen molar-refractivity contribution in [2.45, 2.75) is 6.92 Å². The van der Waals surface area contributed by atoms with Crippen LogP contribution in [0.2, 0.25) is 5.02 Å². The van der Waals surface area contributed by atoms with E-state index in [9.17, 15) is 4.79 Å². The van der Waals surface area contributed by atoms with Crippen LogP contribution in [0.1, 0.15) is 15.4 Å². The fraction of sp³-hybridized carbons (Fsp3) is 0.0500. The van der Waals surface area contributed by atoms with Crippen molar-refractivity contribution in [3.63, 3.8) is 0 Å². The molecule has 0 aliphatic heterocycles. The number of nitrogens with two attached hydrogens (primary N) is 1. The van der Waals surface area contributed by atoms with Crippen LogP contribution in [-0.4, -0.2) is 15.9 Å². The molecule has 0 unspecified atom stereocenters. The Morgan fingerprint density at radius 3 is 2.59 bits per heavy atom. The van der Waals surface area contributed by atoms with Gasteiger partial charge in [0.1, 0.15) is 15.5 Å². The number of aromatic nitrogens is 2. The molecule has 27 heavy (non-hydrogen) atoms. The quantitative estimate of drug-likeness (QED) is 0.503. The topological polar surface area (TPSA) is 80.9 Å². The summed E-state index contributed by atoms with van der Waals surface area (Å²) in [5, 5.41) is 4.23. The highest BCUT2D eigenvalue weighted by atomic mass is 35.5. The van der Waals surface area contributed by atoms with Gasteiger partial charge in [0.05, 0.1) is 11.4 Å². The predicted molar refractivity (Wildman–Crippen MR) is 111 cm³/mol. The van der Waals surface area contributed by atoms with Crippen LogP contribution in [0.3, 0.4) is 0 Å². The summed E-state index contributed by atoms with van der Waals surface area (Å²) >= 11 is 7.21. The number of carbonyl (C=O) groups excluding carboxylic acids is 1. The van der Waals surface area contributed by atoms with E-state index in [1.165, 1.54) is 11.3 Å². The highest BCUT2D eigenvalue weighted by Crippen LogP contribution is 2.34. The molecular formula is C20H15ClN4OS. The van der Waals surface area contributed by atoms with E-state index in [1.807, 2.05) is 55.5 Å². The molecule has 4 aromatic rings. The minimum atomic E-state index is -0.290. The monoisotopic (exact) mass is 394 g/mol. The lowest BCUT2D eigenvalue weighted by Gasteiger charge is -2.04. The number of nitrogens with one attached hydrogen (secondary N) is 1. The standard InChI is InChI=1S/C20H15ClN4OS/c1-11-3-2-4-16(23-11)25-19(26)18-17(22)14-9-10-15(24-20(14)27-18)12-5-7-13(21)8-6-12/h2-10H,22H2,1H3,(H,23,25,26). The van der Waals surface area contributed by atoms with Gasteiger partial charge in [0, 0.05) is 21.7 Å². The molecular weight excluding hydrogens is 380 g/mol. The predicted octanol–water partition coefficient (Wildman–Crippen LogP) is 5.15. The van der Waals surface area contributed by atoms with Crippen molar-refractivity contribution in [1.82, 2.24) is 9.97 Å². The van der Waals surface area contributed by atoms with E-state index in [1.54, 1.807) is 6.07 Å². The first kappa shape index (κ1) is 17.5. The summed E-state index contributed by atoms with van der Waals surface area (Å²) in [6.07, 6.45) is 0. The highest BCUT2D eigenvalue weighted by molar-refractivity contribution is 7.21. The van der Waals surface area contributed by atoms with Gasteiger partial charge < -0.3 is 11.1 Å². The number of hydrogen-bond donors (Lipinski definition) is 2. The Labute approximate surface area is 164 Å². The third kappa shape index (κ3) is 3.49. The Balaban J connectivity index is 1.68. The molecule has 0 atom stereocenters. The van der Waals surface area contributed by atoms with Gasteiger partial charge in [0.2, 0.25) is 0 Å². The minimum Gasteiger partial charge on any atom is -0.397 e. The number of anilines is 2. The zero-order valence-electron chi connectivity index (χ0n) is 14.4. The summed E-state index contributed by atoms with van der Waals surface area (Å²) in [4.78, 5) is 22.7. The van der Waals surface area contributed by atoms with Crippen LogP contribution in [0, 0.1) is 6.92 Å². The zero-order chi connectivity index (χ0) is 19.0. The van der Waals surface area contributed by atoms with E-state index in [0.717, 1.165) is 22.3 Å². The number of fused-ring (bicyclic) bond motifs is 1. The van der Waals surface area contributed by atoms with Crippen molar-refractivity contribution < 1.29 is 4.79 Å². The molecule has 0 spiro atoms. The number of aryl methyl sites for hydroxylation is 1. The van der Waals surface area contributed by atoms with Gasteiger partial charge in [-0.3, -0.25) is 4.79 Å². The second-order valence-corrected chi connectivity index (χ2v) is 7.45. The van der Waals surface area contributed by atoms with Gasteiger partial charge in [-0.15, -0.1) is 11.3 Å². The lowest BCUT2D eigenvalue weighted by atomic mass is 10.1. The average molecular weight is 395 g/mol. The Morgan fingerprint density at radius 1 is 1.07 bits per heavy atom. The second-order valence-electron chi connectivity index (χ2n) is 6.02. The van der Waals surface area contributed by atoms with Crippen molar-refractivity contribution in [3.05, 3.63) is 70.2 Å². The third-order valence-corrected chi connectivity index (χ3v) is 5.44. The Morgan fingerprint density at radius 2 is 1.85 bits per heavy atom. The molecule has 1 aromatic carbocycles. The van der Waals surface area contributed by atoms with Crippen LogP contribution in [-0.2, 0) is 0 Å². The Kier molecular flexibility index (Phi) is 4.51. The zero-order valence-corrected chi connectivity index (χ0v) is 15.9. The van der Waals surface area contributed by atoms with Gasteiger partial charge in [-0.05, 0) is 43.3 Å². The summed E-state index contributed by atoms with van der Waals surface area (Å²) in [7, 11) is 0. The highest BCUT2D eigenvalue weighted by Gasteiger charge is 2.18. The number of amides is 1. The molecule has 3 heterocycles. The molecule has 0 bridgehead atoms. The van der Waals surface area contributed by atoms with Gasteiger partial charge in [0.15, 0.2) is 0 Å². The molecule has 0 saturated heterocycles. The molecule has 3 aromatic heterocycles. The number of benzene rings is 1. The fourth-order valence-corrected chi connectivity index (χ4v) is 3.85. The average Bonchev–Trinajstić information content (AvgIpc) is 2.99. The number of nitrogens with zero attached hydrogens (tertiary/aromatic N) is 2. The maximum absolute atomic E-state index is 12.6. The van der Waals surface area contributed by atoms with Gasteiger partial charge in [-0.25, -0.2) is 9.97 Å². The van der Waals surface area contributed by atoms with Crippen LogP contribution in [0.15, 0.2) is 54.6 Å². The van der Waals surface area contributed by atoms with E-state index in [0.29, 0.717) is 26.2 Å². The molecule has 0 aliphatic rings. The van der Waals surface area contributed by atoms with Gasteiger partial charge in [0.25, 0.3) is 5.91 Å². The number of halogens is 1. The van der Waals surface area contributed by atoms with Gasteiger partial charge >= 0.3 is 0 Å². The van der Waals surface area contributed by atoms with E-state index in [2.05, 4.69) is 15.3 Å². The van der Waals surface area contributed by atoms with Crippen LogP contribution in [0.4, 0.5) is 11.5 Å². The molecule has 0 aliphatic carbocycles. The third-order valence-electron chi connectivity index (χ3n) is 4.07. The minimum absolute atomic E-state index is 0.290. The molecule has 1 amide bonds. The van der Waals surface area contributed by atoms with Crippen molar-refractivity contribution in [2.24, 2.45) is 0 Å². The van der Waals surface area contributed by atoms with E-state index < -0.39 is 0 Å². The molecule has 0 saturated carbocycles. The van der Waals surface area contributed by atoms with E-state index in [-0.39, 0.29) is 5.91 Å². The fourth-order valence-electron chi connectivity index (χ4n) is 2.73. The normalized spacial score (nSPS) is 10.9. The summed E-state index contributed by atoms with van der Waals surface area (Å²) in [5.74, 6) is 0.202. The number of rotatable bonds is 3. The van der Waals surface area contributed by atoms with Crippen molar-refractivity contribution in [2.75, 3.05) is 11.1 Å². The number of carbonyl (C=O) groups is 1. The molecule has 5 nitrogen and oxygen atoms in total. The first-order valence-corrected chi connectivity index (χ1v) is 9.40. The van der Waals surface area contributed by atoms with Crippen LogP contribution in [0.5, 0.6) is 0 Å². The van der Waals surface area contributed by atoms with E-state index in [4.69, 9.17) is 17.3 Å². The second kappa shape index (κ2) is 6.98. The summed E-state index contributed by atoms with van der Waals surface area (Å²) in [6.45, 7) is 1.87. The number of thiophene rings is 1. The molecule has 0 fully saturated rings. The smallest absolute Gasteiger partial charge is 0.269 e. The lowest BCUT2D eigenvalue weighted by Crippen LogP contribution is -2.13. The van der Waals surface area contributed by atoms with Crippen molar-refractivity contribution >= 4 is 50.6 Å². The Hall–Kier alpha value is -2.96. The summed E-state index contributed by atoms with van der Waals surface area (Å²) < 4.78 is 0. The maximum atomic E-state index is 12.6. The molecule has 4 rings (SSSR count). The summed E-state index contributed by atoms with van der Waals surface area (Å²) in [5.41, 5.74) is 9.20. The van der Waals surface area contributed by atoms with Crippen LogP contribution >= 0.6 is 22.9 Å². The first-order chi connectivity index (χ1) is 13.0. The largest absolute Gasteiger partial charge is 0.397 e. The van der Waals surface area contributed by atoms with Gasteiger partial charge in [-0.2, -0.15) is 0 Å². The van der Waals surface area contributed by atoms with Crippen LogP contribution < -0.4 is 11.1 Å². The summed E-state index contributed by atoms with van der Waals surface area (Å²) in [6, 6.07) is 16.7. The molecule has 3 N–H and O–H groups in total. The van der Waals surface area contributed by atoms with E-state index >= 15 is 0 Å². The Bertz CT molecular complexity index is 1150. The van der Waals surface area contributed by atoms with Crippen molar-refractivity contribution in [1.29, 1.82) is 0 Å². The number of nitrogen functional groups attached to an aromatic ring is 1. The SMILES string of the molecule is Cc1cccc(NC(=O)c2sc3nc(-c4ccc(Cl)cc4)ccc3c2N)n1. The lowest BCUT2D eigenvalue weighted by molar-refractivity contribution is 0.103. The molecule has 7 heteroatoms. The number of pyridine rings is 2. The maximum Gasteiger partial charge on any atom is 0.269 e. The number of hydrogen-bond acceptors (Lipinski definition) is 5. The van der Waals surface area contributed by atoms with Gasteiger partial charge in [-0.1, -0.05) is 29.8 Å². The molecule has 0 radical (unpaired) electrons.